The van der Waals surface area contributed by atoms with Crippen LogP contribution < -0.4 is 0 Å². The molecule has 0 bridgehead atoms. The molecule has 2 aromatic rings. The molecular formula is C13H16N2O. The fraction of sp³-hybridized carbons (Fsp3) is 0.308. The summed E-state index contributed by atoms with van der Waals surface area (Å²) in [6, 6.07) is 9.80. The van der Waals surface area contributed by atoms with E-state index in [1.165, 1.54) is 0 Å². The largest absolute Gasteiger partial charge is 0.493 e. The zero-order valence-corrected chi connectivity index (χ0v) is 9.59. The molecule has 0 atom stereocenters. The maximum absolute atomic E-state index is 10.0. The van der Waals surface area contributed by atoms with Crippen molar-refractivity contribution < 1.29 is 5.11 Å². The number of nitrogens with zero attached hydrogens (tertiary/aromatic N) is 2. The van der Waals surface area contributed by atoms with Gasteiger partial charge in [0.15, 0.2) is 0 Å². The number of aromatic nitrogens is 2. The molecule has 0 amide bonds. The Labute approximate surface area is 95.3 Å². The molecule has 0 aliphatic rings. The van der Waals surface area contributed by atoms with Crippen molar-refractivity contribution in [2.75, 3.05) is 0 Å². The second-order valence-corrected chi connectivity index (χ2v) is 4.32. The van der Waals surface area contributed by atoms with Crippen LogP contribution in [0.1, 0.15) is 13.8 Å². The van der Waals surface area contributed by atoms with Gasteiger partial charge in [-0.05, 0) is 11.5 Å². The van der Waals surface area contributed by atoms with E-state index < -0.39 is 0 Å². The van der Waals surface area contributed by atoms with E-state index in [9.17, 15) is 5.11 Å². The first-order valence-corrected chi connectivity index (χ1v) is 5.48. The molecule has 0 saturated heterocycles. The standard InChI is InChI=1S/C13H16N2O/c1-10(2)9-15-13(16)12(8-14-15)11-6-4-3-5-7-11/h3-8,10,16H,9H2,1-2H3. The van der Waals surface area contributed by atoms with Gasteiger partial charge in [0.2, 0.25) is 5.88 Å². The molecule has 2 rings (SSSR count). The lowest BCUT2D eigenvalue weighted by Gasteiger charge is -2.06. The number of hydrogen-bond acceptors (Lipinski definition) is 2. The van der Waals surface area contributed by atoms with Gasteiger partial charge in [0.05, 0.1) is 11.8 Å². The Morgan fingerprint density at radius 2 is 1.94 bits per heavy atom. The predicted molar refractivity (Wildman–Crippen MR) is 64.2 cm³/mol. The van der Waals surface area contributed by atoms with Gasteiger partial charge >= 0.3 is 0 Å². The highest BCUT2D eigenvalue weighted by Gasteiger charge is 2.11. The van der Waals surface area contributed by atoms with E-state index in [2.05, 4.69) is 18.9 Å². The van der Waals surface area contributed by atoms with Gasteiger partial charge in [0.25, 0.3) is 0 Å². The van der Waals surface area contributed by atoms with Crippen LogP contribution in [0.3, 0.4) is 0 Å². The summed E-state index contributed by atoms with van der Waals surface area (Å²) in [5.74, 6) is 0.717. The summed E-state index contributed by atoms with van der Waals surface area (Å²) in [6.45, 7) is 4.94. The SMILES string of the molecule is CC(C)Cn1ncc(-c2ccccc2)c1O. The van der Waals surface area contributed by atoms with E-state index in [1.807, 2.05) is 30.3 Å². The molecule has 3 nitrogen and oxygen atoms in total. The Kier molecular flexibility index (Phi) is 2.95. The van der Waals surface area contributed by atoms with Crippen molar-refractivity contribution in [2.24, 2.45) is 5.92 Å². The van der Waals surface area contributed by atoms with Gasteiger partial charge in [-0.25, -0.2) is 4.68 Å². The Morgan fingerprint density at radius 3 is 2.56 bits per heavy atom. The molecule has 0 fully saturated rings. The van der Waals surface area contributed by atoms with Gasteiger partial charge in [-0.2, -0.15) is 5.10 Å². The summed E-state index contributed by atoms with van der Waals surface area (Å²) < 4.78 is 1.65. The maximum Gasteiger partial charge on any atom is 0.217 e. The fourth-order valence-corrected chi connectivity index (χ4v) is 1.68. The first-order valence-electron chi connectivity index (χ1n) is 5.48. The third kappa shape index (κ3) is 2.08. The van der Waals surface area contributed by atoms with Crippen LogP contribution in [0.5, 0.6) is 5.88 Å². The zero-order valence-electron chi connectivity index (χ0n) is 9.59. The Hall–Kier alpha value is -1.77. The highest BCUT2D eigenvalue weighted by Crippen LogP contribution is 2.28. The van der Waals surface area contributed by atoms with Crippen molar-refractivity contribution in [1.82, 2.24) is 9.78 Å². The molecule has 0 aliphatic heterocycles. The van der Waals surface area contributed by atoms with E-state index in [0.29, 0.717) is 5.92 Å². The maximum atomic E-state index is 10.0. The Bertz CT molecular complexity index is 460. The number of aromatic hydroxyl groups is 1. The number of benzene rings is 1. The van der Waals surface area contributed by atoms with Crippen LogP contribution in [0, 0.1) is 5.92 Å². The second kappa shape index (κ2) is 4.39. The van der Waals surface area contributed by atoms with Gasteiger partial charge in [-0.1, -0.05) is 44.2 Å². The molecule has 1 N–H and O–H groups in total. The minimum absolute atomic E-state index is 0.250. The van der Waals surface area contributed by atoms with Crippen LogP contribution in [-0.2, 0) is 6.54 Å². The third-order valence-corrected chi connectivity index (χ3v) is 2.43. The number of rotatable bonds is 3. The predicted octanol–water partition coefficient (Wildman–Crippen LogP) is 2.91. The van der Waals surface area contributed by atoms with Crippen LogP contribution in [-0.4, -0.2) is 14.9 Å². The van der Waals surface area contributed by atoms with Crippen molar-refractivity contribution in [1.29, 1.82) is 0 Å². The molecule has 0 spiro atoms. The van der Waals surface area contributed by atoms with Crippen LogP contribution in [0.4, 0.5) is 0 Å². The van der Waals surface area contributed by atoms with Crippen LogP contribution in [0.25, 0.3) is 11.1 Å². The minimum Gasteiger partial charge on any atom is -0.493 e. The molecule has 1 aromatic heterocycles. The normalized spacial score (nSPS) is 10.9. The Balaban J connectivity index is 2.34. The first kappa shape index (κ1) is 10.7. The number of hydrogen-bond donors (Lipinski definition) is 1. The van der Waals surface area contributed by atoms with E-state index >= 15 is 0 Å². The molecule has 1 heterocycles. The summed E-state index contributed by atoms with van der Waals surface area (Å²) in [5, 5.41) is 14.2. The quantitative estimate of drug-likeness (QED) is 0.856. The zero-order chi connectivity index (χ0) is 11.5. The van der Waals surface area contributed by atoms with Crippen LogP contribution in [0.15, 0.2) is 36.5 Å². The van der Waals surface area contributed by atoms with Crippen molar-refractivity contribution in [3.05, 3.63) is 36.5 Å². The fourth-order valence-electron chi connectivity index (χ4n) is 1.68. The van der Waals surface area contributed by atoms with E-state index in [1.54, 1.807) is 10.9 Å². The highest BCUT2D eigenvalue weighted by molar-refractivity contribution is 5.67. The summed E-state index contributed by atoms with van der Waals surface area (Å²) >= 11 is 0. The molecule has 16 heavy (non-hydrogen) atoms. The molecule has 0 unspecified atom stereocenters. The van der Waals surface area contributed by atoms with Crippen LogP contribution in [0.2, 0.25) is 0 Å². The highest BCUT2D eigenvalue weighted by atomic mass is 16.3. The average molecular weight is 216 g/mol. The van der Waals surface area contributed by atoms with Gasteiger partial charge in [0.1, 0.15) is 0 Å². The summed E-state index contributed by atoms with van der Waals surface area (Å²) in [4.78, 5) is 0. The van der Waals surface area contributed by atoms with E-state index in [-0.39, 0.29) is 5.88 Å². The summed E-state index contributed by atoms with van der Waals surface area (Å²) in [6.07, 6.45) is 1.72. The molecule has 1 aromatic carbocycles. The van der Waals surface area contributed by atoms with Crippen molar-refractivity contribution in [3.8, 4) is 17.0 Å². The van der Waals surface area contributed by atoms with Gasteiger partial charge in [0, 0.05) is 6.54 Å². The lowest BCUT2D eigenvalue weighted by Crippen LogP contribution is -2.05. The molecular weight excluding hydrogens is 200 g/mol. The van der Waals surface area contributed by atoms with Crippen LogP contribution >= 0.6 is 0 Å². The second-order valence-electron chi connectivity index (χ2n) is 4.32. The molecule has 0 aliphatic carbocycles. The molecule has 0 radical (unpaired) electrons. The molecule has 0 saturated carbocycles. The topological polar surface area (TPSA) is 38.0 Å². The average Bonchev–Trinajstić information content (AvgIpc) is 2.61. The van der Waals surface area contributed by atoms with Gasteiger partial charge in [-0.3, -0.25) is 0 Å². The monoisotopic (exact) mass is 216 g/mol. The summed E-state index contributed by atoms with van der Waals surface area (Å²) in [7, 11) is 0. The lowest BCUT2D eigenvalue weighted by molar-refractivity contribution is 0.373. The minimum atomic E-state index is 0.250. The smallest absolute Gasteiger partial charge is 0.217 e. The molecule has 84 valence electrons. The van der Waals surface area contributed by atoms with Crippen molar-refractivity contribution in [2.45, 2.75) is 20.4 Å². The van der Waals surface area contributed by atoms with E-state index in [0.717, 1.165) is 17.7 Å². The van der Waals surface area contributed by atoms with Gasteiger partial charge in [-0.15, -0.1) is 0 Å². The lowest BCUT2D eigenvalue weighted by atomic mass is 10.1. The Morgan fingerprint density at radius 1 is 1.25 bits per heavy atom. The van der Waals surface area contributed by atoms with Crippen molar-refractivity contribution >= 4 is 0 Å². The third-order valence-electron chi connectivity index (χ3n) is 2.43. The summed E-state index contributed by atoms with van der Waals surface area (Å²) in [5.41, 5.74) is 1.79. The first-order chi connectivity index (χ1) is 7.68. The van der Waals surface area contributed by atoms with Gasteiger partial charge < -0.3 is 5.11 Å². The van der Waals surface area contributed by atoms with Crippen molar-refractivity contribution in [3.63, 3.8) is 0 Å². The van der Waals surface area contributed by atoms with E-state index in [4.69, 9.17) is 0 Å². The molecule has 3 heteroatoms.